The van der Waals surface area contributed by atoms with Gasteiger partial charge in [-0.1, -0.05) is 33.1 Å². The Hall–Kier alpha value is -0.860. The molecule has 0 radical (unpaired) electrons. The zero-order valence-corrected chi connectivity index (χ0v) is 9.34. The molecule has 0 aromatic carbocycles. The van der Waals surface area contributed by atoms with Crippen LogP contribution in [0.1, 0.15) is 46.5 Å². The molecule has 0 saturated carbocycles. The SMILES string of the molecule is CCCCC(C)CC(=O)C(=O)OCC. The second-order valence-corrected chi connectivity index (χ2v) is 3.60. The summed E-state index contributed by atoms with van der Waals surface area (Å²) in [4.78, 5) is 22.2. The molecule has 0 rings (SSSR count). The average molecular weight is 200 g/mol. The molecule has 1 unspecified atom stereocenters. The Kier molecular flexibility index (Phi) is 7.07. The number of carbonyl (C=O) groups excluding carboxylic acids is 2. The van der Waals surface area contributed by atoms with Crippen molar-refractivity contribution in [3.05, 3.63) is 0 Å². The summed E-state index contributed by atoms with van der Waals surface area (Å²) in [5.74, 6) is -0.793. The van der Waals surface area contributed by atoms with Crippen molar-refractivity contribution < 1.29 is 14.3 Å². The van der Waals surface area contributed by atoms with E-state index in [0.29, 0.717) is 6.42 Å². The molecule has 0 fully saturated rings. The van der Waals surface area contributed by atoms with Crippen LogP contribution >= 0.6 is 0 Å². The Labute approximate surface area is 85.8 Å². The standard InChI is InChI=1S/C11H20O3/c1-4-6-7-9(3)8-10(12)11(13)14-5-2/h9H,4-8H2,1-3H3. The maximum atomic E-state index is 11.2. The third-order valence-corrected chi connectivity index (χ3v) is 2.09. The molecular formula is C11H20O3. The highest BCUT2D eigenvalue weighted by atomic mass is 16.5. The van der Waals surface area contributed by atoms with Crippen LogP contribution in [0, 0.1) is 5.92 Å². The van der Waals surface area contributed by atoms with E-state index in [2.05, 4.69) is 11.7 Å². The molecule has 0 heterocycles. The van der Waals surface area contributed by atoms with Crippen molar-refractivity contribution in [1.29, 1.82) is 0 Å². The van der Waals surface area contributed by atoms with Gasteiger partial charge in [-0.15, -0.1) is 0 Å². The summed E-state index contributed by atoms with van der Waals surface area (Å²) >= 11 is 0. The first-order chi connectivity index (χ1) is 6.61. The summed E-state index contributed by atoms with van der Waals surface area (Å²) in [6, 6.07) is 0. The van der Waals surface area contributed by atoms with Crippen LogP contribution in [0.25, 0.3) is 0 Å². The van der Waals surface area contributed by atoms with Crippen LogP contribution in [-0.4, -0.2) is 18.4 Å². The molecule has 0 N–H and O–H groups in total. The van der Waals surface area contributed by atoms with Crippen molar-refractivity contribution in [2.24, 2.45) is 5.92 Å². The second-order valence-electron chi connectivity index (χ2n) is 3.60. The van der Waals surface area contributed by atoms with Gasteiger partial charge in [0.15, 0.2) is 0 Å². The monoisotopic (exact) mass is 200 g/mol. The normalized spacial score (nSPS) is 12.2. The van der Waals surface area contributed by atoms with Gasteiger partial charge >= 0.3 is 5.97 Å². The Morgan fingerprint density at radius 1 is 1.29 bits per heavy atom. The third kappa shape index (κ3) is 5.73. The van der Waals surface area contributed by atoms with Crippen molar-refractivity contribution in [2.45, 2.75) is 46.5 Å². The smallest absolute Gasteiger partial charge is 0.374 e. The minimum Gasteiger partial charge on any atom is -0.460 e. The Balaban J connectivity index is 3.75. The van der Waals surface area contributed by atoms with Crippen LogP contribution in [0.15, 0.2) is 0 Å². The minimum absolute atomic E-state index is 0.272. The molecule has 0 aliphatic carbocycles. The van der Waals surface area contributed by atoms with Crippen molar-refractivity contribution >= 4 is 11.8 Å². The van der Waals surface area contributed by atoms with Crippen LogP contribution < -0.4 is 0 Å². The van der Waals surface area contributed by atoms with E-state index in [4.69, 9.17) is 0 Å². The lowest BCUT2D eigenvalue weighted by atomic mass is 9.98. The first-order valence-electron chi connectivity index (χ1n) is 5.31. The first kappa shape index (κ1) is 13.1. The predicted molar refractivity (Wildman–Crippen MR) is 54.9 cm³/mol. The summed E-state index contributed by atoms with van der Waals surface area (Å²) in [5, 5.41) is 0. The zero-order chi connectivity index (χ0) is 11.0. The van der Waals surface area contributed by atoms with Crippen LogP contribution in [0.5, 0.6) is 0 Å². The number of hydrogen-bond acceptors (Lipinski definition) is 3. The molecule has 0 aliphatic rings. The molecule has 0 saturated heterocycles. The fourth-order valence-electron chi connectivity index (χ4n) is 1.27. The summed E-state index contributed by atoms with van der Waals surface area (Å²) in [7, 11) is 0. The van der Waals surface area contributed by atoms with Gasteiger partial charge in [-0.05, 0) is 12.8 Å². The number of ether oxygens (including phenoxy) is 1. The predicted octanol–water partition coefficient (Wildman–Crippen LogP) is 2.33. The summed E-state index contributed by atoms with van der Waals surface area (Å²) < 4.78 is 4.62. The molecule has 82 valence electrons. The van der Waals surface area contributed by atoms with Crippen molar-refractivity contribution in [1.82, 2.24) is 0 Å². The van der Waals surface area contributed by atoms with Gasteiger partial charge in [0.2, 0.25) is 5.78 Å². The lowest BCUT2D eigenvalue weighted by Crippen LogP contribution is -2.19. The van der Waals surface area contributed by atoms with Crippen LogP contribution in [0.2, 0.25) is 0 Å². The van der Waals surface area contributed by atoms with Crippen molar-refractivity contribution in [3.8, 4) is 0 Å². The van der Waals surface area contributed by atoms with Crippen molar-refractivity contribution in [2.75, 3.05) is 6.61 Å². The fraction of sp³-hybridized carbons (Fsp3) is 0.818. The van der Waals surface area contributed by atoms with E-state index < -0.39 is 11.8 Å². The van der Waals surface area contributed by atoms with Gasteiger partial charge in [-0.25, -0.2) is 4.79 Å². The van der Waals surface area contributed by atoms with Gasteiger partial charge in [0.25, 0.3) is 0 Å². The largest absolute Gasteiger partial charge is 0.460 e. The highest BCUT2D eigenvalue weighted by Gasteiger charge is 2.17. The maximum absolute atomic E-state index is 11.2. The number of Topliss-reactive ketones (excluding diaryl/α,β-unsaturated/α-hetero) is 1. The third-order valence-electron chi connectivity index (χ3n) is 2.09. The van der Waals surface area contributed by atoms with Gasteiger partial charge in [-0.2, -0.15) is 0 Å². The van der Waals surface area contributed by atoms with E-state index in [-0.39, 0.29) is 12.5 Å². The van der Waals surface area contributed by atoms with Gasteiger partial charge in [0.05, 0.1) is 6.61 Å². The van der Waals surface area contributed by atoms with E-state index >= 15 is 0 Å². The van der Waals surface area contributed by atoms with Crippen LogP contribution in [-0.2, 0) is 14.3 Å². The lowest BCUT2D eigenvalue weighted by Gasteiger charge is -2.08. The molecule has 3 heteroatoms. The molecule has 14 heavy (non-hydrogen) atoms. The number of ketones is 1. The van der Waals surface area contributed by atoms with Gasteiger partial charge in [-0.3, -0.25) is 4.79 Å². The highest BCUT2D eigenvalue weighted by molar-refractivity contribution is 6.33. The van der Waals surface area contributed by atoms with Crippen molar-refractivity contribution in [3.63, 3.8) is 0 Å². The molecule has 0 aromatic rings. The fourth-order valence-corrected chi connectivity index (χ4v) is 1.27. The van der Waals surface area contributed by atoms with E-state index in [1.54, 1.807) is 6.92 Å². The second kappa shape index (κ2) is 7.54. The van der Waals surface area contributed by atoms with Gasteiger partial charge in [0, 0.05) is 6.42 Å². The van der Waals surface area contributed by atoms with E-state index in [9.17, 15) is 9.59 Å². The van der Waals surface area contributed by atoms with Crippen LogP contribution in [0.3, 0.4) is 0 Å². The Morgan fingerprint density at radius 3 is 2.43 bits per heavy atom. The molecule has 0 bridgehead atoms. The molecule has 0 aliphatic heterocycles. The van der Waals surface area contributed by atoms with Gasteiger partial charge < -0.3 is 4.74 Å². The lowest BCUT2D eigenvalue weighted by molar-refractivity contribution is -0.153. The highest BCUT2D eigenvalue weighted by Crippen LogP contribution is 2.12. The molecule has 0 aromatic heterocycles. The molecule has 0 spiro atoms. The van der Waals surface area contributed by atoms with Crippen LogP contribution in [0.4, 0.5) is 0 Å². The quantitative estimate of drug-likeness (QED) is 0.468. The Morgan fingerprint density at radius 2 is 1.93 bits per heavy atom. The number of hydrogen-bond donors (Lipinski definition) is 0. The summed E-state index contributed by atoms with van der Waals surface area (Å²) in [6.07, 6.45) is 3.55. The number of unbranched alkanes of at least 4 members (excludes halogenated alkanes) is 1. The van der Waals surface area contributed by atoms with E-state index in [1.807, 2.05) is 6.92 Å². The topological polar surface area (TPSA) is 43.4 Å². The number of esters is 1. The van der Waals surface area contributed by atoms with Gasteiger partial charge in [0.1, 0.15) is 0 Å². The average Bonchev–Trinajstić information content (AvgIpc) is 2.15. The molecule has 1 atom stereocenters. The minimum atomic E-state index is -0.684. The molecular weight excluding hydrogens is 180 g/mol. The number of carbonyl (C=O) groups is 2. The first-order valence-corrected chi connectivity index (χ1v) is 5.31. The number of rotatable bonds is 7. The molecule has 0 amide bonds. The summed E-state index contributed by atoms with van der Waals surface area (Å²) in [5.41, 5.74) is 0. The van der Waals surface area contributed by atoms with E-state index in [1.165, 1.54) is 0 Å². The molecule has 3 nitrogen and oxygen atoms in total. The van der Waals surface area contributed by atoms with E-state index in [0.717, 1.165) is 19.3 Å². The summed E-state index contributed by atoms with van der Waals surface area (Å²) in [6.45, 7) is 6.08. The maximum Gasteiger partial charge on any atom is 0.374 e. The zero-order valence-electron chi connectivity index (χ0n) is 9.34. The Bertz CT molecular complexity index is 187.